The number of thioether (sulfide) groups is 1. The van der Waals surface area contributed by atoms with Crippen LogP contribution < -0.4 is 10.6 Å². The quantitative estimate of drug-likeness (QED) is 0.163. The number of rotatable bonds is 9. The van der Waals surface area contributed by atoms with Gasteiger partial charge in [-0.3, -0.25) is 14.1 Å². The number of nitrogens with one attached hydrogen (secondary N) is 2. The summed E-state index contributed by atoms with van der Waals surface area (Å²) in [6.45, 7) is 9.90. The molecule has 1 spiro atoms. The standard InChI is InChI=1S/C30H42Cl2N4O2S/c1-3-28(37)33-13-5-6-14-35-24-17-21(31)11-12-26(24)39-30(35)19-23-16-20-9-10-22(32)18-25(20)36(23)15-7-8-27(36)34-29(38)4-2/h3-4,16,19-22,24-27H,1-2,5-15,17-18H2,(H-,33,34,37,38)/p+1. The van der Waals surface area contributed by atoms with Gasteiger partial charge >= 0.3 is 0 Å². The van der Waals surface area contributed by atoms with E-state index in [0.717, 1.165) is 81.8 Å². The SMILES string of the molecule is C=CC(=O)NCCCCN1C(=CC2=CC3CCC(Cl)CC3[N+]23CCCC3NC(=O)C=C)SC2CCC(Cl)CC21. The Labute approximate surface area is 247 Å². The molecule has 3 aliphatic heterocycles. The molecule has 39 heavy (non-hydrogen) atoms. The number of nitrogens with zero attached hydrogens (tertiary/aromatic N) is 2. The molecular weight excluding hydrogens is 551 g/mol. The highest BCUT2D eigenvalue weighted by Gasteiger charge is 2.58. The number of carbonyl (C=O) groups excluding carboxylic acids is 2. The predicted octanol–water partition coefficient (Wildman–Crippen LogP) is 5.40. The summed E-state index contributed by atoms with van der Waals surface area (Å²) in [6, 6.07) is 0.855. The molecule has 0 bridgehead atoms. The summed E-state index contributed by atoms with van der Waals surface area (Å²) in [5.41, 5.74) is 1.36. The smallest absolute Gasteiger partial charge is 0.247 e. The molecule has 6 nitrogen and oxygen atoms in total. The third-order valence-electron chi connectivity index (χ3n) is 9.55. The average Bonchev–Trinajstić information content (AvgIpc) is 3.58. The Kier molecular flexibility index (Phi) is 9.42. The Morgan fingerprint density at radius 2 is 1.82 bits per heavy atom. The molecule has 2 saturated heterocycles. The molecule has 9 heteroatoms. The van der Waals surface area contributed by atoms with E-state index in [9.17, 15) is 9.59 Å². The molecule has 0 aromatic rings. The van der Waals surface area contributed by atoms with Crippen molar-refractivity contribution in [2.24, 2.45) is 5.92 Å². The van der Waals surface area contributed by atoms with Crippen molar-refractivity contribution in [2.75, 3.05) is 19.6 Å². The zero-order chi connectivity index (χ0) is 27.6. The summed E-state index contributed by atoms with van der Waals surface area (Å²) in [7, 11) is 0. The Hall–Kier alpha value is -1.41. The van der Waals surface area contributed by atoms with Crippen LogP contribution in [0, 0.1) is 5.92 Å². The Balaban J connectivity index is 1.42. The number of amides is 2. The van der Waals surface area contributed by atoms with Crippen LogP contribution in [-0.4, -0.2) is 75.1 Å². The van der Waals surface area contributed by atoms with Gasteiger partial charge in [0, 0.05) is 66.4 Å². The lowest BCUT2D eigenvalue weighted by Gasteiger charge is -2.46. The molecule has 2 aliphatic carbocycles. The van der Waals surface area contributed by atoms with E-state index in [4.69, 9.17) is 23.2 Å². The number of hydrogen-bond acceptors (Lipinski definition) is 4. The number of allylic oxidation sites excluding steroid dienone is 1. The van der Waals surface area contributed by atoms with Crippen molar-refractivity contribution in [3.8, 4) is 0 Å². The summed E-state index contributed by atoms with van der Waals surface area (Å²) in [6.07, 6.45) is 18.1. The maximum absolute atomic E-state index is 12.5. The largest absolute Gasteiger partial charge is 0.362 e. The molecule has 4 fully saturated rings. The van der Waals surface area contributed by atoms with E-state index in [2.05, 4.69) is 40.8 Å². The van der Waals surface area contributed by atoms with Gasteiger partial charge in [-0.1, -0.05) is 13.2 Å². The molecule has 2 saturated carbocycles. The van der Waals surface area contributed by atoms with Crippen molar-refractivity contribution in [1.29, 1.82) is 0 Å². The van der Waals surface area contributed by atoms with Gasteiger partial charge in [-0.2, -0.15) is 0 Å². The number of halogens is 2. The minimum absolute atomic E-state index is 0.0541. The van der Waals surface area contributed by atoms with Crippen molar-refractivity contribution in [3.05, 3.63) is 48.2 Å². The van der Waals surface area contributed by atoms with Crippen LogP contribution in [0.2, 0.25) is 0 Å². The van der Waals surface area contributed by atoms with Gasteiger partial charge in [-0.15, -0.1) is 35.0 Å². The zero-order valence-corrected chi connectivity index (χ0v) is 25.2. The maximum Gasteiger partial charge on any atom is 0.247 e. The molecule has 0 aromatic carbocycles. The molecule has 8 atom stereocenters. The topological polar surface area (TPSA) is 61.4 Å². The van der Waals surface area contributed by atoms with Crippen molar-refractivity contribution in [2.45, 2.75) is 98.5 Å². The summed E-state index contributed by atoms with van der Waals surface area (Å²) < 4.78 is 0.826. The van der Waals surface area contributed by atoms with Gasteiger partial charge < -0.3 is 15.5 Å². The summed E-state index contributed by atoms with van der Waals surface area (Å²) in [5.74, 6) is 0.291. The first-order valence-electron chi connectivity index (χ1n) is 14.7. The molecule has 8 unspecified atom stereocenters. The molecule has 0 radical (unpaired) electrons. The minimum Gasteiger partial charge on any atom is -0.362 e. The second-order valence-electron chi connectivity index (χ2n) is 11.8. The second-order valence-corrected chi connectivity index (χ2v) is 14.3. The van der Waals surface area contributed by atoms with Crippen LogP contribution in [0.15, 0.2) is 48.2 Å². The normalized spacial score (nSPS) is 38.3. The molecule has 2 amide bonds. The van der Waals surface area contributed by atoms with E-state index in [1.165, 1.54) is 22.9 Å². The monoisotopic (exact) mass is 593 g/mol. The van der Waals surface area contributed by atoms with Gasteiger partial charge in [0.2, 0.25) is 11.8 Å². The van der Waals surface area contributed by atoms with Crippen LogP contribution >= 0.6 is 35.0 Å². The Bertz CT molecular complexity index is 1030. The summed E-state index contributed by atoms with van der Waals surface area (Å²) >= 11 is 15.5. The molecule has 5 rings (SSSR count). The van der Waals surface area contributed by atoms with E-state index in [1.807, 2.05) is 11.8 Å². The van der Waals surface area contributed by atoms with Crippen LogP contribution in [0.4, 0.5) is 0 Å². The average molecular weight is 595 g/mol. The van der Waals surface area contributed by atoms with Gasteiger partial charge in [-0.25, -0.2) is 0 Å². The second kappa shape index (κ2) is 12.6. The number of fused-ring (bicyclic) bond motifs is 3. The van der Waals surface area contributed by atoms with Crippen molar-refractivity contribution < 1.29 is 14.1 Å². The highest BCUT2D eigenvalue weighted by atomic mass is 35.5. The Morgan fingerprint density at radius 1 is 1.05 bits per heavy atom. The maximum atomic E-state index is 12.5. The number of hydrogen-bond donors (Lipinski definition) is 2. The predicted molar refractivity (Wildman–Crippen MR) is 161 cm³/mol. The fourth-order valence-electron chi connectivity index (χ4n) is 7.74. The first kappa shape index (κ1) is 29.1. The van der Waals surface area contributed by atoms with Crippen LogP contribution in [0.1, 0.15) is 64.2 Å². The molecule has 5 aliphatic rings. The first-order chi connectivity index (χ1) is 18.8. The van der Waals surface area contributed by atoms with Crippen molar-refractivity contribution in [1.82, 2.24) is 15.5 Å². The van der Waals surface area contributed by atoms with Crippen molar-refractivity contribution >= 4 is 46.8 Å². The number of alkyl halides is 2. The van der Waals surface area contributed by atoms with Gasteiger partial charge in [-0.05, 0) is 63.2 Å². The third kappa shape index (κ3) is 5.98. The highest BCUT2D eigenvalue weighted by molar-refractivity contribution is 8.03. The number of carbonyl (C=O) groups is 2. The van der Waals surface area contributed by atoms with Crippen LogP contribution in [0.3, 0.4) is 0 Å². The summed E-state index contributed by atoms with van der Waals surface area (Å²) in [5, 5.41) is 8.54. The van der Waals surface area contributed by atoms with Gasteiger partial charge in [0.05, 0.1) is 11.6 Å². The number of unbranched alkanes of at least 4 members (excludes halogenated alkanes) is 1. The van der Waals surface area contributed by atoms with E-state index in [-0.39, 0.29) is 28.7 Å². The van der Waals surface area contributed by atoms with Crippen molar-refractivity contribution in [3.63, 3.8) is 0 Å². The third-order valence-corrected chi connectivity index (χ3v) is 11.8. The van der Waals surface area contributed by atoms with E-state index in [1.54, 1.807) is 0 Å². The van der Waals surface area contributed by atoms with Gasteiger partial charge in [0.25, 0.3) is 0 Å². The zero-order valence-electron chi connectivity index (χ0n) is 22.8. The molecule has 214 valence electrons. The van der Waals surface area contributed by atoms with Crippen LogP contribution in [-0.2, 0) is 9.59 Å². The fraction of sp³-hybridized carbons (Fsp3) is 0.667. The minimum atomic E-state index is -0.115. The molecule has 0 aromatic heterocycles. The van der Waals surface area contributed by atoms with E-state index >= 15 is 0 Å². The lowest BCUT2D eigenvalue weighted by Crippen LogP contribution is -2.62. The summed E-state index contributed by atoms with van der Waals surface area (Å²) in [4.78, 5) is 26.7. The van der Waals surface area contributed by atoms with Crippen LogP contribution in [0.5, 0.6) is 0 Å². The molecule has 3 heterocycles. The van der Waals surface area contributed by atoms with Crippen LogP contribution in [0.25, 0.3) is 0 Å². The first-order valence-corrected chi connectivity index (χ1v) is 16.5. The molecule has 2 N–H and O–H groups in total. The van der Waals surface area contributed by atoms with Gasteiger partial charge in [0.15, 0.2) is 6.17 Å². The highest BCUT2D eigenvalue weighted by Crippen LogP contribution is 2.52. The molecular formula is C30H43Cl2N4O2S+. The van der Waals surface area contributed by atoms with Gasteiger partial charge in [0.1, 0.15) is 11.7 Å². The lowest BCUT2D eigenvalue weighted by molar-refractivity contribution is -0.924. The number of quaternary nitrogens is 1. The lowest BCUT2D eigenvalue weighted by atomic mass is 9.84. The Morgan fingerprint density at radius 3 is 2.62 bits per heavy atom. The van der Waals surface area contributed by atoms with E-state index in [0.29, 0.717) is 29.8 Å². The fourth-order valence-corrected chi connectivity index (χ4v) is 9.89. The van der Waals surface area contributed by atoms with E-state index < -0.39 is 0 Å².